The number of sulfone groups is 2. The third-order valence-corrected chi connectivity index (χ3v) is 7.29. The second kappa shape index (κ2) is 6.08. The molecule has 0 atom stereocenters. The minimum Gasteiger partial charge on any atom is -0.359 e. The molecule has 0 aliphatic heterocycles. The van der Waals surface area contributed by atoms with Crippen molar-refractivity contribution in [2.75, 3.05) is 0 Å². The van der Waals surface area contributed by atoms with Gasteiger partial charge in [-0.2, -0.15) is 0 Å². The molecule has 0 unspecified atom stereocenters. The van der Waals surface area contributed by atoms with Crippen LogP contribution in [0.1, 0.15) is 11.1 Å². The first kappa shape index (κ1) is 17.1. The Kier molecular flexibility index (Phi) is 4.51. The van der Waals surface area contributed by atoms with Crippen LogP contribution in [-0.2, 0) is 19.7 Å². The first-order valence-electron chi connectivity index (χ1n) is 6.55. The van der Waals surface area contributed by atoms with E-state index in [0.717, 1.165) is 0 Å². The van der Waals surface area contributed by atoms with Crippen LogP contribution in [0.15, 0.2) is 58.3 Å². The van der Waals surface area contributed by atoms with Gasteiger partial charge in [0.05, 0.1) is 9.79 Å². The molecule has 2 aromatic carbocycles. The molecule has 2 rings (SSSR count). The highest BCUT2D eigenvalue weighted by molar-refractivity contribution is 8.31. The maximum absolute atomic E-state index is 12.6. The van der Waals surface area contributed by atoms with E-state index < -0.39 is 24.1 Å². The first-order valence-corrected chi connectivity index (χ1v) is 9.52. The van der Waals surface area contributed by atoms with Gasteiger partial charge in [-0.1, -0.05) is 24.3 Å². The van der Waals surface area contributed by atoms with Crippen molar-refractivity contribution in [3.8, 4) is 0 Å². The Morgan fingerprint density at radius 3 is 1.52 bits per heavy atom. The lowest BCUT2D eigenvalue weighted by atomic mass is 10.2. The van der Waals surface area contributed by atoms with E-state index in [0.29, 0.717) is 11.1 Å². The summed E-state index contributed by atoms with van der Waals surface area (Å²) in [5.41, 5.74) is 10.4. The Morgan fingerprint density at radius 2 is 1.22 bits per heavy atom. The summed E-state index contributed by atoms with van der Waals surface area (Å²) < 4.78 is 48.9. The van der Waals surface area contributed by atoms with Gasteiger partial charge in [-0.3, -0.25) is 0 Å². The molecule has 0 aromatic heterocycles. The number of rotatable bonds is 2. The van der Waals surface area contributed by atoms with Crippen LogP contribution < -0.4 is 0 Å². The standard InChI is InChI=1S/C15H14N2O4S2/c1-11-5-3-7-13(9-11)22(18,19)15(17-16)23(20,21)14-8-4-6-12(2)10-14/h3-10H,1-2H3. The normalized spacial score (nSPS) is 11.7. The van der Waals surface area contributed by atoms with E-state index in [1.165, 1.54) is 36.4 Å². The largest absolute Gasteiger partial charge is 0.504 e. The molecule has 2 aromatic rings. The first-order chi connectivity index (χ1) is 10.7. The van der Waals surface area contributed by atoms with Crippen LogP contribution in [-0.4, -0.2) is 26.0 Å². The average Bonchev–Trinajstić information content (AvgIpc) is 2.47. The molecule has 0 radical (unpaired) electrons. The Bertz CT molecular complexity index is 941. The van der Waals surface area contributed by atoms with Crippen molar-refractivity contribution in [2.45, 2.75) is 23.6 Å². The SMILES string of the molecule is Cc1cccc(S(=O)(=O)C(=[N+]=[N-])S(=O)(=O)c2cccc(C)c2)c1. The fourth-order valence-electron chi connectivity index (χ4n) is 2.02. The average molecular weight is 350 g/mol. The van der Waals surface area contributed by atoms with E-state index >= 15 is 0 Å². The highest BCUT2D eigenvalue weighted by atomic mass is 32.3. The maximum atomic E-state index is 12.6. The zero-order valence-corrected chi connectivity index (χ0v) is 14.1. The highest BCUT2D eigenvalue weighted by Crippen LogP contribution is 2.21. The molecule has 0 amide bonds. The van der Waals surface area contributed by atoms with Gasteiger partial charge in [0.25, 0.3) is 19.7 Å². The molecule has 0 aliphatic rings. The van der Waals surface area contributed by atoms with Crippen LogP contribution in [0.5, 0.6) is 0 Å². The summed E-state index contributed by atoms with van der Waals surface area (Å²) in [4.78, 5) is 2.09. The van der Waals surface area contributed by atoms with E-state index in [1.54, 1.807) is 26.0 Å². The van der Waals surface area contributed by atoms with Crippen molar-refractivity contribution in [3.63, 3.8) is 0 Å². The summed E-state index contributed by atoms with van der Waals surface area (Å²) in [7, 11) is -8.96. The molecule has 6 nitrogen and oxygen atoms in total. The molecule has 0 saturated carbocycles. The van der Waals surface area contributed by atoms with Gasteiger partial charge in [-0.25, -0.2) is 16.8 Å². The van der Waals surface area contributed by atoms with E-state index in [1.807, 2.05) is 0 Å². The molecule has 0 aliphatic carbocycles. The van der Waals surface area contributed by atoms with Gasteiger partial charge >= 0.3 is 4.38 Å². The van der Waals surface area contributed by atoms with Crippen LogP contribution in [0.3, 0.4) is 0 Å². The summed E-state index contributed by atoms with van der Waals surface area (Å²) in [6.45, 7) is 3.34. The third-order valence-electron chi connectivity index (χ3n) is 3.14. The zero-order chi connectivity index (χ0) is 17.3. The molecule has 0 fully saturated rings. The van der Waals surface area contributed by atoms with Crippen molar-refractivity contribution in [1.29, 1.82) is 0 Å². The van der Waals surface area contributed by atoms with Crippen LogP contribution in [0.2, 0.25) is 0 Å². The van der Waals surface area contributed by atoms with Gasteiger partial charge in [0.15, 0.2) is 0 Å². The molecular weight excluding hydrogens is 336 g/mol. The molecule has 8 heteroatoms. The number of aryl methyl sites for hydroxylation is 2. The van der Waals surface area contributed by atoms with Gasteiger partial charge < -0.3 is 5.53 Å². The summed E-state index contributed by atoms with van der Waals surface area (Å²) in [5.74, 6) is 0. The fourth-order valence-corrected chi connectivity index (χ4v) is 5.57. The van der Waals surface area contributed by atoms with Crippen molar-refractivity contribution in [2.24, 2.45) is 0 Å². The van der Waals surface area contributed by atoms with Crippen molar-refractivity contribution in [1.82, 2.24) is 0 Å². The monoisotopic (exact) mass is 350 g/mol. The lowest BCUT2D eigenvalue weighted by Crippen LogP contribution is -2.26. The van der Waals surface area contributed by atoms with E-state index in [9.17, 15) is 16.8 Å². The smallest absolute Gasteiger partial charge is 0.359 e. The molecule has 0 N–H and O–H groups in total. The number of benzene rings is 2. The molecular formula is C15H14N2O4S2. The Balaban J connectivity index is 2.67. The Labute approximate surface area is 134 Å². The zero-order valence-electron chi connectivity index (χ0n) is 12.5. The molecule has 0 saturated heterocycles. The van der Waals surface area contributed by atoms with Gasteiger partial charge in [0.2, 0.25) is 0 Å². The van der Waals surface area contributed by atoms with Crippen LogP contribution in [0.25, 0.3) is 5.53 Å². The summed E-state index contributed by atoms with van der Waals surface area (Å²) in [6, 6.07) is 11.4. The van der Waals surface area contributed by atoms with Crippen LogP contribution in [0.4, 0.5) is 0 Å². The minimum absolute atomic E-state index is 0.249. The van der Waals surface area contributed by atoms with Crippen molar-refractivity contribution >= 4 is 24.1 Å². The predicted molar refractivity (Wildman–Crippen MR) is 85.4 cm³/mol. The van der Waals surface area contributed by atoms with Crippen molar-refractivity contribution in [3.05, 3.63) is 65.2 Å². The molecule has 0 bridgehead atoms. The number of hydrogen-bond donors (Lipinski definition) is 0. The van der Waals surface area contributed by atoms with Crippen LogP contribution >= 0.6 is 0 Å². The topological polar surface area (TPSA) is 105 Å². The van der Waals surface area contributed by atoms with Gasteiger partial charge in [0.1, 0.15) is 0 Å². The molecule has 0 spiro atoms. The fraction of sp³-hybridized carbons (Fsp3) is 0.133. The minimum atomic E-state index is -4.48. The predicted octanol–water partition coefficient (Wildman–Crippen LogP) is 2.14. The molecule has 23 heavy (non-hydrogen) atoms. The molecule has 0 heterocycles. The van der Waals surface area contributed by atoms with Crippen LogP contribution in [0, 0.1) is 13.8 Å². The summed E-state index contributed by atoms with van der Waals surface area (Å²) >= 11 is 0. The van der Waals surface area contributed by atoms with Crippen molar-refractivity contribution < 1.29 is 21.6 Å². The lowest BCUT2D eigenvalue weighted by molar-refractivity contribution is 0.00380. The van der Waals surface area contributed by atoms with E-state index in [2.05, 4.69) is 4.79 Å². The second-order valence-electron chi connectivity index (χ2n) is 5.01. The quantitative estimate of drug-likeness (QED) is 0.358. The maximum Gasteiger partial charge on any atom is 0.504 e. The Morgan fingerprint density at radius 1 is 0.826 bits per heavy atom. The second-order valence-corrected chi connectivity index (χ2v) is 8.99. The third kappa shape index (κ3) is 3.24. The lowest BCUT2D eigenvalue weighted by Gasteiger charge is -2.04. The number of nitrogens with zero attached hydrogens (tertiary/aromatic N) is 2. The molecule has 120 valence electrons. The van der Waals surface area contributed by atoms with E-state index in [-0.39, 0.29) is 9.79 Å². The van der Waals surface area contributed by atoms with Gasteiger partial charge in [-0.05, 0) is 49.2 Å². The summed E-state index contributed by atoms with van der Waals surface area (Å²) in [5, 5.41) is 0. The highest BCUT2D eigenvalue weighted by Gasteiger charge is 2.43. The van der Waals surface area contributed by atoms with E-state index in [4.69, 9.17) is 5.53 Å². The van der Waals surface area contributed by atoms with Gasteiger partial charge in [-0.15, -0.1) is 4.79 Å². The van der Waals surface area contributed by atoms with Gasteiger partial charge in [0, 0.05) is 0 Å². The Hall–Kier alpha value is -2.28. The summed E-state index contributed by atoms with van der Waals surface area (Å²) in [6.07, 6.45) is 0. The number of hydrogen-bond acceptors (Lipinski definition) is 4.